The molecule has 0 saturated heterocycles. The van der Waals surface area contributed by atoms with Crippen LogP contribution < -0.4 is 0 Å². The molecule has 0 spiro atoms. The molecule has 0 atom stereocenters. The summed E-state index contributed by atoms with van der Waals surface area (Å²) in [6.07, 6.45) is 2.98. The van der Waals surface area contributed by atoms with Crippen molar-refractivity contribution in [1.82, 2.24) is 14.3 Å². The van der Waals surface area contributed by atoms with Gasteiger partial charge in [0.05, 0.1) is 12.2 Å². The molecule has 1 aliphatic rings. The van der Waals surface area contributed by atoms with Crippen LogP contribution in [0.4, 0.5) is 0 Å². The summed E-state index contributed by atoms with van der Waals surface area (Å²) < 4.78 is 2.20. The highest BCUT2D eigenvalue weighted by atomic mass is 32.1. The Morgan fingerprint density at radius 2 is 1.73 bits per heavy atom. The van der Waals surface area contributed by atoms with Crippen LogP contribution in [0.5, 0.6) is 0 Å². The topological polar surface area (TPSA) is 37.6 Å². The van der Waals surface area contributed by atoms with Crippen LogP contribution in [0, 0.1) is 0 Å². The van der Waals surface area contributed by atoms with Gasteiger partial charge in [0, 0.05) is 40.9 Å². The minimum atomic E-state index is 0.104. The summed E-state index contributed by atoms with van der Waals surface area (Å²) in [6.45, 7) is 1.41. The van der Waals surface area contributed by atoms with E-state index in [0.717, 1.165) is 34.7 Å². The Morgan fingerprint density at radius 1 is 1.00 bits per heavy atom. The molecule has 0 fully saturated rings. The number of imidazole rings is 1. The van der Waals surface area contributed by atoms with Crippen molar-refractivity contribution in [2.75, 3.05) is 6.54 Å². The predicted molar refractivity (Wildman–Crippen MR) is 103 cm³/mol. The number of benzene rings is 2. The van der Waals surface area contributed by atoms with Crippen molar-refractivity contribution in [3.05, 3.63) is 83.0 Å². The normalized spacial score (nSPS) is 13.8. The van der Waals surface area contributed by atoms with E-state index in [9.17, 15) is 4.79 Å². The Hall–Kier alpha value is -2.92. The molecule has 4 aromatic rings. The molecule has 5 rings (SSSR count). The van der Waals surface area contributed by atoms with E-state index in [1.165, 1.54) is 10.6 Å². The van der Waals surface area contributed by atoms with E-state index in [4.69, 9.17) is 4.98 Å². The highest BCUT2D eigenvalue weighted by Gasteiger charge is 2.26. The number of amides is 1. The van der Waals surface area contributed by atoms with Gasteiger partial charge in [0.1, 0.15) is 0 Å². The summed E-state index contributed by atoms with van der Waals surface area (Å²) >= 11 is 1.69. The molecule has 0 unspecified atom stereocenters. The van der Waals surface area contributed by atoms with E-state index in [0.29, 0.717) is 6.54 Å². The molecular formula is C21H17N3OS. The van der Waals surface area contributed by atoms with Crippen LogP contribution in [0.25, 0.3) is 16.2 Å². The lowest BCUT2D eigenvalue weighted by Crippen LogP contribution is -2.35. The summed E-state index contributed by atoms with van der Waals surface area (Å²) in [4.78, 5) is 21.7. The molecule has 4 nitrogen and oxygen atoms in total. The maximum absolute atomic E-state index is 12.7. The minimum Gasteiger partial charge on any atom is -0.333 e. The van der Waals surface area contributed by atoms with Crippen molar-refractivity contribution in [1.29, 1.82) is 0 Å². The standard InChI is InChI=1S/C21H17N3OS/c25-20(16-9-5-2-6-10-16)23-12-11-18-19(14-23)26-21-22-17(13-24(18)21)15-7-3-1-4-8-15/h1-10,13H,11-12,14H2. The largest absolute Gasteiger partial charge is 0.333 e. The molecular weight excluding hydrogens is 342 g/mol. The van der Waals surface area contributed by atoms with Gasteiger partial charge in [-0.15, -0.1) is 0 Å². The number of rotatable bonds is 2. The van der Waals surface area contributed by atoms with Crippen LogP contribution in [-0.4, -0.2) is 26.7 Å². The summed E-state index contributed by atoms with van der Waals surface area (Å²) in [5.41, 5.74) is 4.18. The highest BCUT2D eigenvalue weighted by molar-refractivity contribution is 7.17. The summed E-state index contributed by atoms with van der Waals surface area (Å²) in [7, 11) is 0. The second-order valence-electron chi connectivity index (χ2n) is 6.46. The summed E-state index contributed by atoms with van der Waals surface area (Å²) in [6, 6.07) is 19.8. The molecule has 1 amide bonds. The van der Waals surface area contributed by atoms with Crippen LogP contribution >= 0.6 is 11.3 Å². The van der Waals surface area contributed by atoms with Crippen LogP contribution in [-0.2, 0) is 13.0 Å². The van der Waals surface area contributed by atoms with Crippen LogP contribution in [0.15, 0.2) is 66.9 Å². The number of carbonyl (C=O) groups is 1. The number of carbonyl (C=O) groups excluding carboxylic acids is 1. The van der Waals surface area contributed by atoms with E-state index < -0.39 is 0 Å². The van der Waals surface area contributed by atoms with Crippen molar-refractivity contribution in [2.24, 2.45) is 0 Å². The first-order chi connectivity index (χ1) is 12.8. The second kappa shape index (κ2) is 6.11. The van der Waals surface area contributed by atoms with Crippen LogP contribution in [0.2, 0.25) is 0 Å². The second-order valence-corrected chi connectivity index (χ2v) is 7.52. The van der Waals surface area contributed by atoms with Crippen molar-refractivity contribution < 1.29 is 4.79 Å². The zero-order valence-electron chi connectivity index (χ0n) is 14.1. The zero-order chi connectivity index (χ0) is 17.5. The Balaban J connectivity index is 1.45. The number of thiazole rings is 1. The maximum Gasteiger partial charge on any atom is 0.254 e. The third-order valence-corrected chi connectivity index (χ3v) is 5.91. The monoisotopic (exact) mass is 359 g/mol. The molecule has 3 heterocycles. The minimum absolute atomic E-state index is 0.104. The summed E-state index contributed by atoms with van der Waals surface area (Å²) in [5, 5.41) is 0. The number of hydrogen-bond acceptors (Lipinski definition) is 3. The first-order valence-electron chi connectivity index (χ1n) is 8.69. The Kier molecular flexibility index (Phi) is 3.60. The SMILES string of the molecule is O=C(c1ccccc1)N1CCc2c(sc3nc(-c4ccccc4)cn23)C1. The van der Waals surface area contributed by atoms with Gasteiger partial charge < -0.3 is 4.90 Å². The van der Waals surface area contributed by atoms with Gasteiger partial charge >= 0.3 is 0 Å². The predicted octanol–water partition coefficient (Wildman–Crippen LogP) is 4.26. The maximum atomic E-state index is 12.7. The van der Waals surface area contributed by atoms with Crippen molar-refractivity contribution in [3.8, 4) is 11.3 Å². The van der Waals surface area contributed by atoms with Crippen LogP contribution in [0.1, 0.15) is 20.9 Å². The molecule has 0 radical (unpaired) electrons. The quantitative estimate of drug-likeness (QED) is 0.536. The Labute approximate surface area is 155 Å². The van der Waals surface area contributed by atoms with Gasteiger partial charge in [0.2, 0.25) is 0 Å². The molecule has 128 valence electrons. The number of fused-ring (bicyclic) bond motifs is 3. The summed E-state index contributed by atoms with van der Waals surface area (Å²) in [5.74, 6) is 0.104. The van der Waals surface area contributed by atoms with Gasteiger partial charge in [-0.25, -0.2) is 4.98 Å². The van der Waals surface area contributed by atoms with Crippen molar-refractivity contribution in [2.45, 2.75) is 13.0 Å². The Morgan fingerprint density at radius 3 is 2.50 bits per heavy atom. The molecule has 0 bridgehead atoms. The number of nitrogens with zero attached hydrogens (tertiary/aromatic N) is 3. The van der Waals surface area contributed by atoms with Gasteiger partial charge in [-0.05, 0) is 12.1 Å². The zero-order valence-corrected chi connectivity index (χ0v) is 14.9. The molecule has 2 aromatic carbocycles. The fourth-order valence-corrected chi connectivity index (χ4v) is 4.66. The van der Waals surface area contributed by atoms with E-state index in [2.05, 4.69) is 22.7 Å². The third-order valence-electron chi connectivity index (χ3n) is 4.83. The lowest BCUT2D eigenvalue weighted by molar-refractivity contribution is 0.0736. The molecule has 0 N–H and O–H groups in total. The molecule has 0 saturated carbocycles. The Bertz CT molecular complexity index is 1080. The average Bonchev–Trinajstić information content (AvgIpc) is 3.26. The number of aromatic nitrogens is 2. The average molecular weight is 359 g/mol. The lowest BCUT2D eigenvalue weighted by atomic mass is 10.1. The lowest BCUT2D eigenvalue weighted by Gasteiger charge is -2.26. The number of hydrogen-bond donors (Lipinski definition) is 0. The van der Waals surface area contributed by atoms with Gasteiger partial charge in [-0.1, -0.05) is 59.9 Å². The fourth-order valence-electron chi connectivity index (χ4n) is 3.49. The smallest absolute Gasteiger partial charge is 0.254 e. The van der Waals surface area contributed by atoms with Crippen molar-refractivity contribution in [3.63, 3.8) is 0 Å². The highest BCUT2D eigenvalue weighted by Crippen LogP contribution is 2.31. The molecule has 2 aromatic heterocycles. The van der Waals surface area contributed by atoms with Crippen molar-refractivity contribution >= 4 is 22.2 Å². The van der Waals surface area contributed by atoms with Gasteiger partial charge in [-0.2, -0.15) is 0 Å². The molecule has 0 aliphatic carbocycles. The molecule has 5 heteroatoms. The first-order valence-corrected chi connectivity index (χ1v) is 9.50. The molecule has 26 heavy (non-hydrogen) atoms. The van der Waals surface area contributed by atoms with E-state index in [1.54, 1.807) is 11.3 Å². The first kappa shape index (κ1) is 15.3. The van der Waals surface area contributed by atoms with E-state index >= 15 is 0 Å². The molecule has 1 aliphatic heterocycles. The van der Waals surface area contributed by atoms with Gasteiger partial charge in [0.25, 0.3) is 5.91 Å². The van der Waals surface area contributed by atoms with E-state index in [1.807, 2.05) is 53.4 Å². The van der Waals surface area contributed by atoms with E-state index in [-0.39, 0.29) is 5.91 Å². The fraction of sp³-hybridized carbons (Fsp3) is 0.143. The van der Waals surface area contributed by atoms with Gasteiger partial charge in [0.15, 0.2) is 4.96 Å². The third kappa shape index (κ3) is 2.52. The van der Waals surface area contributed by atoms with Crippen LogP contribution in [0.3, 0.4) is 0 Å². The van der Waals surface area contributed by atoms with Gasteiger partial charge in [-0.3, -0.25) is 9.20 Å².